The molecule has 0 saturated carbocycles. The van der Waals surface area contributed by atoms with Gasteiger partial charge in [0, 0.05) is 25.4 Å². The predicted molar refractivity (Wildman–Crippen MR) is 95.7 cm³/mol. The highest BCUT2D eigenvalue weighted by molar-refractivity contribution is 7.95. The highest BCUT2D eigenvalue weighted by Gasteiger charge is 2.39. The van der Waals surface area contributed by atoms with Crippen LogP contribution in [0.25, 0.3) is 5.69 Å². The van der Waals surface area contributed by atoms with Crippen molar-refractivity contribution in [3.63, 3.8) is 0 Å². The first kappa shape index (κ1) is 18.1. The molecule has 0 spiro atoms. The van der Waals surface area contributed by atoms with Gasteiger partial charge in [-0.2, -0.15) is 5.10 Å². The summed E-state index contributed by atoms with van der Waals surface area (Å²) < 4.78 is 51.2. The summed E-state index contributed by atoms with van der Waals surface area (Å²) in [6, 6.07) is 7.78. The van der Waals surface area contributed by atoms with E-state index in [1.807, 2.05) is 31.2 Å². The average molecular weight is 383 g/mol. The fourth-order valence-electron chi connectivity index (χ4n) is 2.99. The van der Waals surface area contributed by atoms with Crippen LogP contribution in [0, 0.1) is 6.92 Å². The first-order valence-corrected chi connectivity index (χ1v) is 11.3. The summed E-state index contributed by atoms with van der Waals surface area (Å²) in [7, 11) is -5.42. The quantitative estimate of drug-likeness (QED) is 0.772. The molecule has 25 heavy (non-hydrogen) atoms. The van der Waals surface area contributed by atoms with Crippen LogP contribution in [0.3, 0.4) is 0 Å². The Morgan fingerprint density at radius 3 is 2.68 bits per heavy atom. The van der Waals surface area contributed by atoms with Gasteiger partial charge in [0.1, 0.15) is 0 Å². The molecule has 1 unspecified atom stereocenters. The molecule has 2 heterocycles. The number of aryl methyl sites for hydroxylation is 1. The summed E-state index contributed by atoms with van der Waals surface area (Å²) in [5.74, 6) is -0.349. The van der Waals surface area contributed by atoms with Gasteiger partial charge in [-0.25, -0.2) is 25.8 Å². The number of hydrogen-bond acceptors (Lipinski definition) is 5. The van der Waals surface area contributed by atoms with Crippen molar-refractivity contribution < 1.29 is 16.8 Å². The third kappa shape index (κ3) is 3.78. The van der Waals surface area contributed by atoms with E-state index in [1.54, 1.807) is 17.1 Å². The molecule has 2 aromatic rings. The van der Waals surface area contributed by atoms with Crippen molar-refractivity contribution in [2.24, 2.45) is 0 Å². The number of sulfone groups is 1. The average Bonchev–Trinajstić information content (AvgIpc) is 3.14. The number of hydrogen-bond donors (Lipinski definition) is 0. The molecular formula is C16H21N3O4S2. The molecule has 9 heteroatoms. The summed E-state index contributed by atoms with van der Waals surface area (Å²) in [6.07, 6.45) is 3.58. The third-order valence-corrected chi connectivity index (χ3v) is 8.67. The molecule has 1 aliphatic heterocycles. The van der Waals surface area contributed by atoms with E-state index in [2.05, 4.69) is 5.10 Å². The van der Waals surface area contributed by atoms with E-state index in [0.717, 1.165) is 16.8 Å². The van der Waals surface area contributed by atoms with Crippen molar-refractivity contribution in [2.45, 2.75) is 25.1 Å². The summed E-state index contributed by atoms with van der Waals surface area (Å²) in [6.45, 7) is 2.14. The van der Waals surface area contributed by atoms with Gasteiger partial charge < -0.3 is 0 Å². The van der Waals surface area contributed by atoms with Gasteiger partial charge in [0.2, 0.25) is 10.0 Å². The van der Waals surface area contributed by atoms with E-state index in [-0.39, 0.29) is 24.5 Å². The van der Waals surface area contributed by atoms with E-state index >= 15 is 0 Å². The second-order valence-corrected chi connectivity index (χ2v) is 11.0. The van der Waals surface area contributed by atoms with Crippen LogP contribution in [0.15, 0.2) is 36.7 Å². The highest BCUT2D eigenvalue weighted by Crippen LogP contribution is 2.23. The van der Waals surface area contributed by atoms with Crippen molar-refractivity contribution >= 4 is 19.9 Å². The van der Waals surface area contributed by atoms with Crippen LogP contribution in [0.2, 0.25) is 0 Å². The van der Waals surface area contributed by atoms with E-state index in [0.29, 0.717) is 0 Å². The van der Waals surface area contributed by atoms with E-state index in [4.69, 9.17) is 0 Å². The monoisotopic (exact) mass is 383 g/mol. The first-order chi connectivity index (χ1) is 11.7. The number of rotatable bonds is 5. The van der Waals surface area contributed by atoms with Crippen molar-refractivity contribution in [3.8, 4) is 5.69 Å². The Balaban J connectivity index is 1.76. The Bertz CT molecular complexity index is 980. The largest absolute Gasteiger partial charge is 0.240 e. The summed E-state index contributed by atoms with van der Waals surface area (Å²) in [4.78, 5) is 0. The number of para-hydroxylation sites is 1. The Morgan fingerprint density at radius 2 is 2.04 bits per heavy atom. The zero-order valence-corrected chi connectivity index (χ0v) is 15.8. The maximum Gasteiger partial charge on any atom is 0.218 e. The van der Waals surface area contributed by atoms with Crippen molar-refractivity contribution in [2.75, 3.05) is 18.6 Å². The van der Waals surface area contributed by atoms with Gasteiger partial charge in [0.25, 0.3) is 0 Å². The van der Waals surface area contributed by atoms with Gasteiger partial charge >= 0.3 is 0 Å². The SMILES string of the molecule is Cc1ccccc1-n1cc(CN(C)S(=O)(=O)C2CCS(=O)(=O)C2)cn1. The molecule has 0 bridgehead atoms. The normalized spacial score (nSPS) is 20.2. The maximum atomic E-state index is 12.6. The van der Waals surface area contributed by atoms with Crippen molar-refractivity contribution in [1.82, 2.24) is 14.1 Å². The molecule has 1 aliphatic rings. The van der Waals surface area contributed by atoms with E-state index in [9.17, 15) is 16.8 Å². The van der Waals surface area contributed by atoms with Crippen LogP contribution in [0.1, 0.15) is 17.5 Å². The predicted octanol–water partition coefficient (Wildman–Crippen LogP) is 1.13. The summed E-state index contributed by atoms with van der Waals surface area (Å²) in [5.41, 5.74) is 2.74. The zero-order chi connectivity index (χ0) is 18.2. The van der Waals surface area contributed by atoms with Gasteiger partial charge in [-0.05, 0) is 25.0 Å². The van der Waals surface area contributed by atoms with Gasteiger partial charge in [-0.15, -0.1) is 0 Å². The number of benzene rings is 1. The van der Waals surface area contributed by atoms with E-state index in [1.165, 1.54) is 11.4 Å². The van der Waals surface area contributed by atoms with E-state index < -0.39 is 25.1 Å². The lowest BCUT2D eigenvalue weighted by Gasteiger charge is -2.20. The van der Waals surface area contributed by atoms with Gasteiger partial charge in [-0.1, -0.05) is 18.2 Å². The minimum absolute atomic E-state index is 0.0596. The maximum absolute atomic E-state index is 12.6. The second-order valence-electron chi connectivity index (χ2n) is 6.41. The molecule has 0 aliphatic carbocycles. The standard InChI is InChI=1S/C16H21N3O4S2/c1-13-5-3-4-6-16(13)19-11-14(9-17-19)10-18(2)25(22,23)15-7-8-24(20,21)12-15/h3-6,9,11,15H,7-8,10,12H2,1-2H3. The fourth-order valence-corrected chi connectivity index (χ4v) is 7.25. The minimum atomic E-state index is -3.65. The van der Waals surface area contributed by atoms with Gasteiger partial charge in [0.05, 0.1) is 28.6 Å². The van der Waals surface area contributed by atoms with Crippen LogP contribution < -0.4 is 0 Å². The summed E-state index contributed by atoms with van der Waals surface area (Å²) >= 11 is 0. The molecule has 1 aromatic heterocycles. The molecule has 1 saturated heterocycles. The third-order valence-electron chi connectivity index (χ3n) is 4.45. The molecule has 0 N–H and O–H groups in total. The highest BCUT2D eigenvalue weighted by atomic mass is 32.2. The lowest BCUT2D eigenvalue weighted by atomic mass is 10.2. The Labute approximate surface area is 148 Å². The Kier molecular flexibility index (Phi) is 4.74. The Hall–Kier alpha value is -1.71. The molecule has 3 rings (SSSR count). The first-order valence-electron chi connectivity index (χ1n) is 7.94. The molecule has 136 valence electrons. The van der Waals surface area contributed by atoms with Gasteiger partial charge in [0.15, 0.2) is 9.84 Å². The van der Waals surface area contributed by atoms with Gasteiger partial charge in [-0.3, -0.25) is 0 Å². The zero-order valence-electron chi connectivity index (χ0n) is 14.2. The van der Waals surface area contributed by atoms with Crippen LogP contribution in [0.4, 0.5) is 0 Å². The van der Waals surface area contributed by atoms with Crippen LogP contribution >= 0.6 is 0 Å². The minimum Gasteiger partial charge on any atom is -0.240 e. The molecular weight excluding hydrogens is 362 g/mol. The molecule has 0 amide bonds. The fraction of sp³-hybridized carbons (Fsp3) is 0.438. The topological polar surface area (TPSA) is 89.3 Å². The number of aromatic nitrogens is 2. The summed E-state index contributed by atoms with van der Waals surface area (Å²) in [5, 5.41) is 3.45. The van der Waals surface area contributed by atoms with Crippen LogP contribution in [-0.4, -0.2) is 54.7 Å². The molecule has 1 atom stereocenters. The number of sulfonamides is 1. The van der Waals surface area contributed by atoms with Crippen LogP contribution in [-0.2, 0) is 26.4 Å². The Morgan fingerprint density at radius 1 is 1.32 bits per heavy atom. The smallest absolute Gasteiger partial charge is 0.218 e. The lowest BCUT2D eigenvalue weighted by Crippen LogP contribution is -2.36. The van der Waals surface area contributed by atoms with Crippen LogP contribution in [0.5, 0.6) is 0 Å². The molecule has 7 nitrogen and oxygen atoms in total. The van der Waals surface area contributed by atoms with Crippen molar-refractivity contribution in [3.05, 3.63) is 47.8 Å². The lowest BCUT2D eigenvalue weighted by molar-refractivity contribution is 0.457. The second kappa shape index (κ2) is 6.54. The molecule has 0 radical (unpaired) electrons. The molecule has 1 fully saturated rings. The molecule has 1 aromatic carbocycles. The van der Waals surface area contributed by atoms with Crippen molar-refractivity contribution in [1.29, 1.82) is 0 Å². The number of nitrogens with zero attached hydrogens (tertiary/aromatic N) is 3.